The van der Waals surface area contributed by atoms with E-state index in [1.165, 1.54) is 18.2 Å². The summed E-state index contributed by atoms with van der Waals surface area (Å²) in [4.78, 5) is 0. The standard InChI is InChI=1S/C17H19F2N/c1-3-20-12(2)11-13-7-9-14(10-8-13)17-15(18)5-4-6-16(17)19/h4-10,12,20H,3,11H2,1-2H3. The van der Waals surface area contributed by atoms with Gasteiger partial charge in [0.25, 0.3) is 0 Å². The molecule has 2 aromatic rings. The largest absolute Gasteiger partial charge is 0.314 e. The lowest BCUT2D eigenvalue weighted by Gasteiger charge is -2.12. The molecule has 3 heteroatoms. The van der Waals surface area contributed by atoms with Crippen LogP contribution in [0.5, 0.6) is 0 Å². The van der Waals surface area contributed by atoms with Crippen LogP contribution in [0.25, 0.3) is 11.1 Å². The Kier molecular flexibility index (Phi) is 4.85. The lowest BCUT2D eigenvalue weighted by atomic mass is 10.0. The minimum absolute atomic E-state index is 0.0405. The molecule has 0 spiro atoms. The minimum Gasteiger partial charge on any atom is -0.314 e. The van der Waals surface area contributed by atoms with E-state index >= 15 is 0 Å². The van der Waals surface area contributed by atoms with Crippen molar-refractivity contribution in [2.45, 2.75) is 26.3 Å². The average Bonchev–Trinajstić information content (AvgIpc) is 2.40. The lowest BCUT2D eigenvalue weighted by molar-refractivity contribution is 0.565. The Morgan fingerprint density at radius 2 is 1.60 bits per heavy atom. The molecule has 1 unspecified atom stereocenters. The molecule has 0 bridgehead atoms. The molecule has 1 N–H and O–H groups in total. The van der Waals surface area contributed by atoms with E-state index in [1.807, 2.05) is 12.1 Å². The number of nitrogens with one attached hydrogen (secondary N) is 1. The van der Waals surface area contributed by atoms with Gasteiger partial charge in [0.1, 0.15) is 11.6 Å². The molecule has 0 radical (unpaired) electrons. The number of halogens is 2. The van der Waals surface area contributed by atoms with Gasteiger partial charge in [-0.05, 0) is 43.1 Å². The van der Waals surface area contributed by atoms with Crippen molar-refractivity contribution in [3.05, 3.63) is 59.7 Å². The molecule has 20 heavy (non-hydrogen) atoms. The summed E-state index contributed by atoms with van der Waals surface area (Å²) >= 11 is 0. The first kappa shape index (κ1) is 14.7. The lowest BCUT2D eigenvalue weighted by Crippen LogP contribution is -2.27. The van der Waals surface area contributed by atoms with Gasteiger partial charge in [0.2, 0.25) is 0 Å². The zero-order valence-corrected chi connectivity index (χ0v) is 11.8. The highest BCUT2D eigenvalue weighted by Gasteiger charge is 2.10. The summed E-state index contributed by atoms with van der Waals surface area (Å²) in [5.41, 5.74) is 1.76. The van der Waals surface area contributed by atoms with E-state index in [0.29, 0.717) is 11.6 Å². The second kappa shape index (κ2) is 6.62. The molecule has 2 rings (SSSR count). The third kappa shape index (κ3) is 3.42. The molecule has 0 fully saturated rings. The van der Waals surface area contributed by atoms with E-state index in [-0.39, 0.29) is 5.56 Å². The van der Waals surface area contributed by atoms with Crippen LogP contribution >= 0.6 is 0 Å². The quantitative estimate of drug-likeness (QED) is 0.863. The third-order valence-electron chi connectivity index (χ3n) is 3.30. The van der Waals surface area contributed by atoms with Gasteiger partial charge in [-0.3, -0.25) is 0 Å². The molecule has 0 aliphatic rings. The summed E-state index contributed by atoms with van der Waals surface area (Å²) in [5.74, 6) is -1.06. The second-order valence-corrected chi connectivity index (χ2v) is 4.96. The van der Waals surface area contributed by atoms with E-state index in [4.69, 9.17) is 0 Å². The van der Waals surface area contributed by atoms with Crippen LogP contribution in [0.1, 0.15) is 19.4 Å². The highest BCUT2D eigenvalue weighted by molar-refractivity contribution is 5.65. The van der Waals surface area contributed by atoms with Crippen molar-refractivity contribution in [3.63, 3.8) is 0 Å². The molecule has 0 amide bonds. The molecule has 0 aromatic heterocycles. The van der Waals surface area contributed by atoms with Crippen molar-refractivity contribution in [3.8, 4) is 11.1 Å². The molecule has 0 heterocycles. The van der Waals surface area contributed by atoms with Gasteiger partial charge in [-0.2, -0.15) is 0 Å². The molecular weight excluding hydrogens is 256 g/mol. The zero-order valence-electron chi connectivity index (χ0n) is 11.8. The van der Waals surface area contributed by atoms with Crippen LogP contribution in [0.2, 0.25) is 0 Å². The van der Waals surface area contributed by atoms with Gasteiger partial charge < -0.3 is 5.32 Å². The molecule has 1 atom stereocenters. The summed E-state index contributed by atoms with van der Waals surface area (Å²) in [6.45, 7) is 5.12. The molecule has 1 nitrogen and oxygen atoms in total. The Balaban J connectivity index is 2.20. The number of hydrogen-bond donors (Lipinski definition) is 1. The van der Waals surface area contributed by atoms with Crippen molar-refractivity contribution in [1.82, 2.24) is 5.32 Å². The highest BCUT2D eigenvalue weighted by atomic mass is 19.1. The normalized spacial score (nSPS) is 12.4. The summed E-state index contributed by atoms with van der Waals surface area (Å²) in [5, 5.41) is 3.34. The Bertz CT molecular complexity index is 543. The van der Waals surface area contributed by atoms with Crippen LogP contribution in [0, 0.1) is 11.6 Å². The number of rotatable bonds is 5. The first-order chi connectivity index (χ1) is 9.61. The third-order valence-corrected chi connectivity index (χ3v) is 3.30. The molecular formula is C17H19F2N. The van der Waals surface area contributed by atoms with Crippen LogP contribution in [0.4, 0.5) is 8.78 Å². The van der Waals surface area contributed by atoms with Gasteiger partial charge in [0, 0.05) is 6.04 Å². The molecule has 0 saturated carbocycles. The second-order valence-electron chi connectivity index (χ2n) is 4.96. The molecule has 0 saturated heterocycles. The van der Waals surface area contributed by atoms with Gasteiger partial charge >= 0.3 is 0 Å². The maximum absolute atomic E-state index is 13.7. The Hall–Kier alpha value is -1.74. The minimum atomic E-state index is -0.529. The predicted octanol–water partition coefficient (Wildman–Crippen LogP) is 4.17. The van der Waals surface area contributed by atoms with Crippen molar-refractivity contribution in [2.75, 3.05) is 6.54 Å². The Morgan fingerprint density at radius 3 is 2.15 bits per heavy atom. The maximum atomic E-state index is 13.7. The van der Waals surface area contributed by atoms with E-state index in [2.05, 4.69) is 19.2 Å². The van der Waals surface area contributed by atoms with Crippen molar-refractivity contribution in [2.24, 2.45) is 0 Å². The average molecular weight is 275 g/mol. The molecule has 106 valence electrons. The molecule has 0 aliphatic heterocycles. The predicted molar refractivity (Wildman–Crippen MR) is 78.6 cm³/mol. The summed E-state index contributed by atoms with van der Waals surface area (Å²) in [6, 6.07) is 11.7. The van der Waals surface area contributed by atoms with E-state index in [9.17, 15) is 8.78 Å². The van der Waals surface area contributed by atoms with Gasteiger partial charge in [-0.1, -0.05) is 37.3 Å². The summed E-state index contributed by atoms with van der Waals surface area (Å²) in [7, 11) is 0. The van der Waals surface area contributed by atoms with Crippen molar-refractivity contribution in [1.29, 1.82) is 0 Å². The van der Waals surface area contributed by atoms with Crippen molar-refractivity contribution >= 4 is 0 Å². The summed E-state index contributed by atoms with van der Waals surface area (Å²) < 4.78 is 27.4. The fourth-order valence-corrected chi connectivity index (χ4v) is 2.36. The topological polar surface area (TPSA) is 12.0 Å². The van der Waals surface area contributed by atoms with E-state index in [0.717, 1.165) is 18.5 Å². The first-order valence-electron chi connectivity index (χ1n) is 6.88. The fraction of sp³-hybridized carbons (Fsp3) is 0.294. The van der Waals surface area contributed by atoms with Crippen LogP contribution in [-0.2, 0) is 6.42 Å². The zero-order chi connectivity index (χ0) is 14.5. The van der Waals surface area contributed by atoms with Crippen LogP contribution < -0.4 is 5.32 Å². The first-order valence-corrected chi connectivity index (χ1v) is 6.88. The Morgan fingerprint density at radius 1 is 1.00 bits per heavy atom. The van der Waals surface area contributed by atoms with E-state index in [1.54, 1.807) is 12.1 Å². The van der Waals surface area contributed by atoms with Gasteiger partial charge in [-0.15, -0.1) is 0 Å². The highest BCUT2D eigenvalue weighted by Crippen LogP contribution is 2.26. The summed E-state index contributed by atoms with van der Waals surface area (Å²) in [6.07, 6.45) is 0.897. The number of hydrogen-bond acceptors (Lipinski definition) is 1. The Labute approximate surface area is 118 Å². The monoisotopic (exact) mass is 275 g/mol. The van der Waals surface area contributed by atoms with Crippen LogP contribution in [0.3, 0.4) is 0 Å². The number of benzene rings is 2. The van der Waals surface area contributed by atoms with Crippen molar-refractivity contribution < 1.29 is 8.78 Å². The number of likely N-dealkylation sites (N-methyl/N-ethyl adjacent to an activating group) is 1. The fourth-order valence-electron chi connectivity index (χ4n) is 2.36. The van der Waals surface area contributed by atoms with Crippen LogP contribution in [-0.4, -0.2) is 12.6 Å². The van der Waals surface area contributed by atoms with E-state index < -0.39 is 11.6 Å². The molecule has 2 aromatic carbocycles. The maximum Gasteiger partial charge on any atom is 0.133 e. The molecule has 0 aliphatic carbocycles. The van der Waals surface area contributed by atoms with Gasteiger partial charge in [0.05, 0.1) is 5.56 Å². The van der Waals surface area contributed by atoms with Gasteiger partial charge in [-0.25, -0.2) is 8.78 Å². The SMILES string of the molecule is CCNC(C)Cc1ccc(-c2c(F)cccc2F)cc1. The van der Waals surface area contributed by atoms with Gasteiger partial charge in [0.15, 0.2) is 0 Å². The van der Waals surface area contributed by atoms with Crippen LogP contribution in [0.15, 0.2) is 42.5 Å². The smallest absolute Gasteiger partial charge is 0.133 e.